The van der Waals surface area contributed by atoms with Crippen LogP contribution in [0.2, 0.25) is 0 Å². The number of hydrogen-bond acceptors (Lipinski definition) is 5. The summed E-state index contributed by atoms with van der Waals surface area (Å²) < 4.78 is 13.4. The van der Waals surface area contributed by atoms with Gasteiger partial charge in [0.05, 0.1) is 6.42 Å². The van der Waals surface area contributed by atoms with E-state index < -0.39 is 30.2 Å². The summed E-state index contributed by atoms with van der Waals surface area (Å²) in [6, 6.07) is 2.46. The van der Waals surface area contributed by atoms with Gasteiger partial charge >= 0.3 is 11.9 Å². The number of rotatable bonds is 5. The van der Waals surface area contributed by atoms with Crippen LogP contribution in [0.3, 0.4) is 0 Å². The molecule has 110 valence electrons. The molecular formula is C13H12FN3O4. The van der Waals surface area contributed by atoms with Gasteiger partial charge in [0.1, 0.15) is 17.7 Å². The topological polar surface area (TPSA) is 126 Å². The molecule has 0 saturated carbocycles. The van der Waals surface area contributed by atoms with Crippen molar-refractivity contribution in [1.29, 1.82) is 0 Å². The second-order valence-electron chi connectivity index (χ2n) is 4.38. The maximum atomic E-state index is 13.4. The zero-order valence-electron chi connectivity index (χ0n) is 10.7. The molecule has 0 aliphatic heterocycles. The third kappa shape index (κ3) is 3.16. The number of nitrogens with zero attached hydrogens (tertiary/aromatic N) is 1. The van der Waals surface area contributed by atoms with E-state index in [2.05, 4.69) is 10.3 Å². The molecule has 8 heteroatoms. The number of aliphatic carboxylic acids is 2. The smallest absolute Gasteiger partial charge is 0.326 e. The van der Waals surface area contributed by atoms with Crippen LogP contribution in [-0.2, 0) is 9.59 Å². The Kier molecular flexibility index (Phi) is 3.88. The van der Waals surface area contributed by atoms with Gasteiger partial charge in [-0.05, 0) is 18.2 Å². The number of fused-ring (bicyclic) bond motifs is 1. The number of nitrogens with one attached hydrogen (secondary N) is 1. The van der Waals surface area contributed by atoms with Crippen molar-refractivity contribution < 1.29 is 24.2 Å². The standard InChI is InChI=1S/C13H12FN3O4/c14-6-3-8-7(9(15)4-6)1-2-16-12(8)17-10(13(20)21)5-11(18)19/h1-4,10H,5,15H2,(H,16,17)(H,18,19)(H,20,21). The van der Waals surface area contributed by atoms with Gasteiger partial charge in [-0.25, -0.2) is 14.2 Å². The van der Waals surface area contributed by atoms with Gasteiger partial charge in [0, 0.05) is 22.7 Å². The number of pyridine rings is 1. The van der Waals surface area contributed by atoms with E-state index in [-0.39, 0.29) is 16.9 Å². The van der Waals surface area contributed by atoms with Crippen molar-refractivity contribution in [3.8, 4) is 0 Å². The summed E-state index contributed by atoms with van der Waals surface area (Å²) in [6.07, 6.45) is 0.733. The van der Waals surface area contributed by atoms with Gasteiger partial charge in [0.15, 0.2) is 0 Å². The summed E-state index contributed by atoms with van der Waals surface area (Å²) in [4.78, 5) is 25.7. The Morgan fingerprint density at radius 1 is 1.33 bits per heavy atom. The number of carboxylic acid groups (broad SMARTS) is 2. The van der Waals surface area contributed by atoms with Crippen molar-refractivity contribution in [1.82, 2.24) is 4.98 Å². The molecule has 1 unspecified atom stereocenters. The highest BCUT2D eigenvalue weighted by Crippen LogP contribution is 2.27. The monoisotopic (exact) mass is 293 g/mol. The molecule has 0 aliphatic rings. The molecule has 0 fully saturated rings. The highest BCUT2D eigenvalue weighted by atomic mass is 19.1. The van der Waals surface area contributed by atoms with Crippen LogP contribution in [0.5, 0.6) is 0 Å². The predicted molar refractivity (Wildman–Crippen MR) is 73.4 cm³/mol. The number of nitrogens with two attached hydrogens (primary N) is 1. The van der Waals surface area contributed by atoms with Crippen LogP contribution in [-0.4, -0.2) is 33.2 Å². The van der Waals surface area contributed by atoms with Gasteiger partial charge in [-0.2, -0.15) is 0 Å². The number of nitrogen functional groups attached to an aromatic ring is 1. The summed E-state index contributed by atoms with van der Waals surface area (Å²) >= 11 is 0. The minimum Gasteiger partial charge on any atom is -0.481 e. The van der Waals surface area contributed by atoms with Crippen LogP contribution < -0.4 is 11.1 Å². The molecule has 0 aliphatic carbocycles. The predicted octanol–water partition coefficient (Wildman–Crippen LogP) is 1.30. The maximum Gasteiger partial charge on any atom is 0.326 e. The lowest BCUT2D eigenvalue weighted by Crippen LogP contribution is -2.32. The van der Waals surface area contributed by atoms with Crippen LogP contribution in [0, 0.1) is 5.82 Å². The summed E-state index contributed by atoms with van der Waals surface area (Å²) in [6.45, 7) is 0. The summed E-state index contributed by atoms with van der Waals surface area (Å²) in [7, 11) is 0. The van der Waals surface area contributed by atoms with Crippen LogP contribution in [0.25, 0.3) is 10.8 Å². The van der Waals surface area contributed by atoms with Gasteiger partial charge in [-0.1, -0.05) is 0 Å². The SMILES string of the molecule is Nc1cc(F)cc2c(NC(CC(=O)O)C(=O)O)nccc12. The minimum atomic E-state index is -1.38. The van der Waals surface area contributed by atoms with Crippen molar-refractivity contribution in [3.63, 3.8) is 0 Å². The fraction of sp³-hybridized carbons (Fsp3) is 0.154. The van der Waals surface area contributed by atoms with E-state index in [4.69, 9.17) is 15.9 Å². The molecule has 21 heavy (non-hydrogen) atoms. The average Bonchev–Trinajstić information content (AvgIpc) is 2.38. The number of benzene rings is 1. The van der Waals surface area contributed by atoms with Crippen LogP contribution >= 0.6 is 0 Å². The Morgan fingerprint density at radius 2 is 2.05 bits per heavy atom. The van der Waals surface area contributed by atoms with Crippen molar-refractivity contribution in [2.45, 2.75) is 12.5 Å². The molecule has 0 radical (unpaired) electrons. The molecule has 5 N–H and O–H groups in total. The lowest BCUT2D eigenvalue weighted by Gasteiger charge is -2.15. The highest BCUT2D eigenvalue weighted by Gasteiger charge is 2.22. The molecule has 1 aromatic carbocycles. The van der Waals surface area contributed by atoms with Crippen molar-refractivity contribution in [2.24, 2.45) is 0 Å². The zero-order chi connectivity index (χ0) is 15.6. The first-order valence-electron chi connectivity index (χ1n) is 5.93. The number of hydrogen-bond donors (Lipinski definition) is 4. The normalized spacial score (nSPS) is 12.0. The summed E-state index contributed by atoms with van der Waals surface area (Å²) in [5, 5.41) is 21.0. The second kappa shape index (κ2) is 5.61. The number of carboxylic acids is 2. The number of halogens is 1. The fourth-order valence-electron chi connectivity index (χ4n) is 1.93. The molecule has 2 aromatic rings. The number of aromatic nitrogens is 1. The van der Waals surface area contributed by atoms with Crippen LogP contribution in [0.1, 0.15) is 6.42 Å². The van der Waals surface area contributed by atoms with Crippen molar-refractivity contribution in [3.05, 3.63) is 30.2 Å². The van der Waals surface area contributed by atoms with E-state index in [1.54, 1.807) is 6.07 Å². The van der Waals surface area contributed by atoms with Gasteiger partial charge < -0.3 is 21.3 Å². The van der Waals surface area contributed by atoms with E-state index in [1.807, 2.05) is 0 Å². The van der Waals surface area contributed by atoms with E-state index >= 15 is 0 Å². The highest BCUT2D eigenvalue weighted by molar-refractivity contribution is 6.00. The Hall–Kier alpha value is -2.90. The van der Waals surface area contributed by atoms with Crippen LogP contribution in [0.4, 0.5) is 15.9 Å². The third-order valence-electron chi connectivity index (χ3n) is 2.86. The molecule has 0 bridgehead atoms. The fourth-order valence-corrected chi connectivity index (χ4v) is 1.93. The lowest BCUT2D eigenvalue weighted by atomic mass is 10.1. The molecule has 1 heterocycles. The number of carbonyl (C=O) groups is 2. The van der Waals surface area contributed by atoms with Crippen molar-refractivity contribution in [2.75, 3.05) is 11.1 Å². The van der Waals surface area contributed by atoms with E-state index in [0.717, 1.165) is 12.1 Å². The molecular weight excluding hydrogens is 281 g/mol. The minimum absolute atomic E-state index is 0.0624. The maximum absolute atomic E-state index is 13.4. The summed E-state index contributed by atoms with van der Waals surface area (Å²) in [5.74, 6) is -3.16. The largest absolute Gasteiger partial charge is 0.481 e. The second-order valence-corrected chi connectivity index (χ2v) is 4.38. The molecule has 0 saturated heterocycles. The summed E-state index contributed by atoms with van der Waals surface area (Å²) in [5.41, 5.74) is 5.87. The average molecular weight is 293 g/mol. The van der Waals surface area contributed by atoms with Gasteiger partial charge in [0.25, 0.3) is 0 Å². The molecule has 1 atom stereocenters. The molecule has 0 spiro atoms. The van der Waals surface area contributed by atoms with Gasteiger partial charge in [-0.15, -0.1) is 0 Å². The molecule has 1 aromatic heterocycles. The molecule has 2 rings (SSSR count). The Morgan fingerprint density at radius 3 is 2.67 bits per heavy atom. The van der Waals surface area contributed by atoms with Crippen molar-refractivity contribution >= 4 is 34.2 Å². The first kappa shape index (κ1) is 14.5. The van der Waals surface area contributed by atoms with Crippen LogP contribution in [0.15, 0.2) is 24.4 Å². The Balaban J connectivity index is 2.46. The lowest BCUT2D eigenvalue weighted by molar-refractivity contribution is -0.144. The Labute approximate surface area is 118 Å². The zero-order valence-corrected chi connectivity index (χ0v) is 10.7. The van der Waals surface area contributed by atoms with E-state index in [0.29, 0.717) is 5.39 Å². The molecule has 0 amide bonds. The first-order chi connectivity index (χ1) is 9.88. The molecule has 7 nitrogen and oxygen atoms in total. The Bertz CT molecular complexity index is 720. The van der Waals surface area contributed by atoms with Gasteiger partial charge in [-0.3, -0.25) is 4.79 Å². The van der Waals surface area contributed by atoms with Gasteiger partial charge in [0.2, 0.25) is 0 Å². The third-order valence-corrected chi connectivity index (χ3v) is 2.86. The quantitative estimate of drug-likeness (QED) is 0.612. The van der Waals surface area contributed by atoms with E-state index in [9.17, 15) is 14.0 Å². The van der Waals surface area contributed by atoms with E-state index in [1.165, 1.54) is 6.20 Å². The first-order valence-corrected chi connectivity index (χ1v) is 5.93. The number of anilines is 2.